The third-order valence-corrected chi connectivity index (χ3v) is 3.63. The lowest BCUT2D eigenvalue weighted by Crippen LogP contribution is -2.13. The Bertz CT molecular complexity index is 627. The Kier molecular flexibility index (Phi) is 2.52. The van der Waals surface area contributed by atoms with Crippen LogP contribution in [0.5, 0.6) is 0 Å². The third kappa shape index (κ3) is 1.96. The minimum atomic E-state index is -3.84. The minimum Gasteiger partial charge on any atom is -0.248 e. The molecule has 0 spiro atoms. The zero-order valence-electron chi connectivity index (χ0n) is 8.55. The first kappa shape index (κ1) is 11.2. The molecule has 0 amide bonds. The van der Waals surface area contributed by atoms with E-state index in [4.69, 9.17) is 5.14 Å². The minimum absolute atomic E-state index is 0.298. The number of aromatic amines is 1. The number of H-pyrrole nitrogens is 1. The Hall–Kier alpha value is -1.32. The SMILES string of the molecule is Cc1nc(C)c(-c2n[nH]c(S(N)(=O)=O)n2)s1. The number of primary sulfonamides is 1. The number of nitrogens with zero attached hydrogens (tertiary/aromatic N) is 3. The van der Waals surface area contributed by atoms with E-state index in [9.17, 15) is 8.42 Å². The molecular weight excluding hydrogens is 250 g/mol. The van der Waals surface area contributed by atoms with E-state index < -0.39 is 10.0 Å². The van der Waals surface area contributed by atoms with Gasteiger partial charge in [0.15, 0.2) is 5.82 Å². The quantitative estimate of drug-likeness (QED) is 0.799. The zero-order valence-corrected chi connectivity index (χ0v) is 10.2. The van der Waals surface area contributed by atoms with E-state index in [1.54, 1.807) is 0 Å². The summed E-state index contributed by atoms with van der Waals surface area (Å²) in [6.45, 7) is 3.67. The van der Waals surface area contributed by atoms with Gasteiger partial charge in [0.05, 0.1) is 15.6 Å². The molecule has 0 aliphatic rings. The normalized spacial score (nSPS) is 11.9. The highest BCUT2D eigenvalue weighted by Crippen LogP contribution is 2.26. The number of nitrogens with two attached hydrogens (primary N) is 1. The topological polar surface area (TPSA) is 115 Å². The Balaban J connectivity index is 2.51. The van der Waals surface area contributed by atoms with E-state index in [0.29, 0.717) is 5.82 Å². The van der Waals surface area contributed by atoms with Gasteiger partial charge < -0.3 is 0 Å². The molecule has 0 fully saturated rings. The van der Waals surface area contributed by atoms with Crippen molar-refractivity contribution >= 4 is 21.4 Å². The monoisotopic (exact) mass is 259 g/mol. The average Bonchev–Trinajstić information content (AvgIpc) is 2.70. The summed E-state index contributed by atoms with van der Waals surface area (Å²) >= 11 is 1.40. The molecule has 0 aromatic carbocycles. The van der Waals surface area contributed by atoms with Crippen molar-refractivity contribution in [2.45, 2.75) is 19.0 Å². The van der Waals surface area contributed by atoms with Crippen molar-refractivity contribution in [2.24, 2.45) is 5.14 Å². The second kappa shape index (κ2) is 3.61. The summed E-state index contributed by atoms with van der Waals surface area (Å²) < 4.78 is 22.0. The molecule has 0 radical (unpaired) electrons. The van der Waals surface area contributed by atoms with Gasteiger partial charge >= 0.3 is 0 Å². The second-order valence-corrected chi connectivity index (χ2v) is 5.84. The molecule has 0 unspecified atom stereocenters. The molecule has 2 aromatic heterocycles. The number of nitrogens with one attached hydrogen (secondary N) is 1. The van der Waals surface area contributed by atoms with Crippen molar-refractivity contribution in [1.82, 2.24) is 20.2 Å². The second-order valence-electron chi connectivity index (χ2n) is 3.16. The Morgan fingerprint density at radius 1 is 1.31 bits per heavy atom. The Morgan fingerprint density at radius 3 is 2.44 bits per heavy atom. The van der Waals surface area contributed by atoms with Crippen LogP contribution in [0.15, 0.2) is 5.16 Å². The van der Waals surface area contributed by atoms with Crippen molar-refractivity contribution in [3.05, 3.63) is 10.7 Å². The fourth-order valence-corrected chi connectivity index (χ4v) is 2.46. The molecule has 0 saturated carbocycles. The van der Waals surface area contributed by atoms with Gasteiger partial charge in [-0.05, 0) is 13.8 Å². The average molecular weight is 259 g/mol. The first-order chi connectivity index (χ1) is 7.38. The van der Waals surface area contributed by atoms with Crippen LogP contribution in [0.25, 0.3) is 10.7 Å². The summed E-state index contributed by atoms with van der Waals surface area (Å²) in [4.78, 5) is 8.76. The van der Waals surface area contributed by atoms with Crippen LogP contribution in [0.1, 0.15) is 10.7 Å². The molecule has 0 atom stereocenters. The largest absolute Gasteiger partial charge is 0.273 e. The number of aryl methyl sites for hydroxylation is 2. The van der Waals surface area contributed by atoms with Gasteiger partial charge in [-0.2, -0.15) is 10.1 Å². The van der Waals surface area contributed by atoms with Crippen molar-refractivity contribution in [1.29, 1.82) is 0 Å². The highest BCUT2D eigenvalue weighted by atomic mass is 32.2. The summed E-state index contributed by atoms with van der Waals surface area (Å²) in [7, 11) is -3.84. The van der Waals surface area contributed by atoms with Crippen LogP contribution >= 0.6 is 11.3 Å². The fourth-order valence-electron chi connectivity index (χ4n) is 1.21. The van der Waals surface area contributed by atoms with Gasteiger partial charge in [-0.15, -0.1) is 11.3 Å². The fraction of sp³-hybridized carbons (Fsp3) is 0.286. The molecule has 0 aliphatic carbocycles. The van der Waals surface area contributed by atoms with E-state index in [0.717, 1.165) is 15.6 Å². The summed E-state index contributed by atoms with van der Waals surface area (Å²) in [6.07, 6.45) is 0. The van der Waals surface area contributed by atoms with E-state index in [2.05, 4.69) is 20.2 Å². The lowest BCUT2D eigenvalue weighted by Gasteiger charge is -1.88. The van der Waals surface area contributed by atoms with Crippen LogP contribution < -0.4 is 5.14 Å². The van der Waals surface area contributed by atoms with Crippen LogP contribution in [-0.2, 0) is 10.0 Å². The van der Waals surface area contributed by atoms with Crippen LogP contribution in [0.3, 0.4) is 0 Å². The highest BCUT2D eigenvalue weighted by Gasteiger charge is 2.17. The van der Waals surface area contributed by atoms with Crippen LogP contribution in [0, 0.1) is 13.8 Å². The number of aromatic nitrogens is 4. The van der Waals surface area contributed by atoms with Crippen LogP contribution in [0.4, 0.5) is 0 Å². The molecule has 2 rings (SSSR count). The van der Waals surface area contributed by atoms with Gasteiger partial charge in [0, 0.05) is 0 Å². The molecule has 7 nitrogen and oxygen atoms in total. The maximum Gasteiger partial charge on any atom is 0.273 e. The summed E-state index contributed by atoms with van der Waals surface area (Å²) in [6, 6.07) is 0. The molecular formula is C7H9N5O2S2. The first-order valence-electron chi connectivity index (χ1n) is 4.27. The molecule has 2 heterocycles. The van der Waals surface area contributed by atoms with Gasteiger partial charge in [-0.1, -0.05) is 0 Å². The highest BCUT2D eigenvalue weighted by molar-refractivity contribution is 7.89. The van der Waals surface area contributed by atoms with E-state index in [1.807, 2.05) is 13.8 Å². The van der Waals surface area contributed by atoms with Crippen LogP contribution in [-0.4, -0.2) is 28.6 Å². The molecule has 16 heavy (non-hydrogen) atoms. The maximum absolute atomic E-state index is 11.0. The Labute approximate surface area is 95.8 Å². The number of sulfonamides is 1. The summed E-state index contributed by atoms with van der Waals surface area (Å²) in [5, 5.41) is 11.5. The van der Waals surface area contributed by atoms with Gasteiger partial charge in [-0.3, -0.25) is 0 Å². The number of hydrogen-bond donors (Lipinski definition) is 2. The predicted octanol–water partition coefficient (Wildman–Crippen LogP) is 0.192. The number of rotatable bonds is 2. The lowest BCUT2D eigenvalue weighted by molar-refractivity contribution is 0.589. The molecule has 86 valence electrons. The lowest BCUT2D eigenvalue weighted by atomic mass is 10.4. The molecule has 2 aromatic rings. The van der Waals surface area contributed by atoms with E-state index >= 15 is 0 Å². The van der Waals surface area contributed by atoms with Gasteiger partial charge in [0.2, 0.25) is 0 Å². The third-order valence-electron chi connectivity index (χ3n) is 1.84. The standard InChI is InChI=1S/C7H9N5O2S2/c1-3-5(15-4(2)9-3)6-10-7(12-11-6)16(8,13)14/h1-2H3,(H2,8,13,14)(H,10,11,12). The van der Waals surface area contributed by atoms with Crippen LogP contribution in [0.2, 0.25) is 0 Å². The van der Waals surface area contributed by atoms with Crippen molar-refractivity contribution in [3.8, 4) is 10.7 Å². The number of hydrogen-bond acceptors (Lipinski definition) is 6. The maximum atomic E-state index is 11.0. The van der Waals surface area contributed by atoms with Gasteiger partial charge in [0.1, 0.15) is 0 Å². The molecule has 3 N–H and O–H groups in total. The van der Waals surface area contributed by atoms with Crippen molar-refractivity contribution in [3.63, 3.8) is 0 Å². The zero-order chi connectivity index (χ0) is 11.9. The first-order valence-corrected chi connectivity index (χ1v) is 6.64. The van der Waals surface area contributed by atoms with Crippen molar-refractivity contribution < 1.29 is 8.42 Å². The molecule has 0 aliphatic heterocycles. The van der Waals surface area contributed by atoms with E-state index in [1.165, 1.54) is 11.3 Å². The Morgan fingerprint density at radius 2 is 2.00 bits per heavy atom. The number of thiazole rings is 1. The molecule has 9 heteroatoms. The molecule has 0 saturated heterocycles. The smallest absolute Gasteiger partial charge is 0.248 e. The summed E-state index contributed by atoms with van der Waals surface area (Å²) in [5.41, 5.74) is 0.766. The van der Waals surface area contributed by atoms with E-state index in [-0.39, 0.29) is 5.16 Å². The van der Waals surface area contributed by atoms with Crippen molar-refractivity contribution in [2.75, 3.05) is 0 Å². The summed E-state index contributed by atoms with van der Waals surface area (Å²) in [5.74, 6) is 0.298. The predicted molar refractivity (Wildman–Crippen MR) is 58.3 cm³/mol. The van der Waals surface area contributed by atoms with Gasteiger partial charge in [0.25, 0.3) is 15.2 Å². The van der Waals surface area contributed by atoms with Gasteiger partial charge in [-0.25, -0.2) is 23.6 Å². The molecule has 0 bridgehead atoms.